The number of hydrogen-bond acceptors (Lipinski definition) is 4. The smallest absolute Gasteiger partial charge is 0.265 e. The summed E-state index contributed by atoms with van der Waals surface area (Å²) < 4.78 is 0. The fraction of sp³-hybridized carbons (Fsp3) is 0.360. The molecule has 0 saturated heterocycles. The van der Waals surface area contributed by atoms with Crippen molar-refractivity contribution >= 4 is 34.5 Å². The van der Waals surface area contributed by atoms with E-state index in [9.17, 15) is 9.59 Å². The first-order valence-corrected chi connectivity index (χ1v) is 12.6. The topological polar surface area (TPSA) is 49.4 Å². The molecule has 1 saturated carbocycles. The van der Waals surface area contributed by atoms with Gasteiger partial charge in [0.15, 0.2) is 0 Å². The molecule has 4 rings (SSSR count). The van der Waals surface area contributed by atoms with Crippen LogP contribution >= 0.6 is 22.7 Å². The van der Waals surface area contributed by atoms with Gasteiger partial charge in [-0.2, -0.15) is 0 Å². The summed E-state index contributed by atoms with van der Waals surface area (Å²) >= 11 is 2.94. The van der Waals surface area contributed by atoms with E-state index in [-0.39, 0.29) is 17.9 Å². The van der Waals surface area contributed by atoms with Crippen LogP contribution in [0, 0.1) is 6.92 Å². The third-order valence-electron chi connectivity index (χ3n) is 5.79. The number of rotatable bonds is 7. The van der Waals surface area contributed by atoms with Gasteiger partial charge in [-0.15, -0.1) is 22.7 Å². The average molecular weight is 453 g/mol. The van der Waals surface area contributed by atoms with Gasteiger partial charge in [-0.25, -0.2) is 0 Å². The molecule has 162 valence electrons. The van der Waals surface area contributed by atoms with Crippen LogP contribution in [-0.2, 0) is 11.3 Å². The third kappa shape index (κ3) is 5.43. The second-order valence-corrected chi connectivity index (χ2v) is 10.1. The molecule has 0 spiro atoms. The summed E-state index contributed by atoms with van der Waals surface area (Å²) in [6.07, 6.45) is 5.56. The van der Waals surface area contributed by atoms with Gasteiger partial charge in [0, 0.05) is 17.5 Å². The second-order valence-electron chi connectivity index (χ2n) is 8.16. The highest BCUT2D eigenvalue weighted by Gasteiger charge is 2.34. The molecule has 3 aromatic rings. The molecule has 1 fully saturated rings. The van der Waals surface area contributed by atoms with Crippen LogP contribution in [0.25, 0.3) is 0 Å². The van der Waals surface area contributed by atoms with Crippen molar-refractivity contribution in [1.82, 2.24) is 10.2 Å². The summed E-state index contributed by atoms with van der Waals surface area (Å²) in [5, 5.41) is 7.13. The minimum absolute atomic E-state index is 0.0774. The van der Waals surface area contributed by atoms with Gasteiger partial charge in [-0.1, -0.05) is 61.2 Å². The number of thiophene rings is 2. The van der Waals surface area contributed by atoms with Crippen LogP contribution < -0.4 is 5.32 Å². The normalized spacial score (nSPS) is 15.4. The summed E-state index contributed by atoms with van der Waals surface area (Å²) in [4.78, 5) is 30.4. The minimum atomic E-state index is -0.641. The molecule has 2 aromatic heterocycles. The molecule has 0 bridgehead atoms. The van der Waals surface area contributed by atoms with E-state index >= 15 is 0 Å². The molecular formula is C25H28N2O2S2. The van der Waals surface area contributed by atoms with Gasteiger partial charge in [-0.3, -0.25) is 9.59 Å². The number of carbonyl (C=O) groups is 2. The van der Waals surface area contributed by atoms with Crippen molar-refractivity contribution in [2.24, 2.45) is 0 Å². The van der Waals surface area contributed by atoms with Gasteiger partial charge in [0.1, 0.15) is 6.04 Å². The van der Waals surface area contributed by atoms with Crippen molar-refractivity contribution in [1.29, 1.82) is 0 Å². The lowest BCUT2D eigenvalue weighted by atomic mass is 9.95. The lowest BCUT2D eigenvalue weighted by Crippen LogP contribution is -2.46. The summed E-state index contributed by atoms with van der Waals surface area (Å²) in [5.41, 5.74) is 2.19. The van der Waals surface area contributed by atoms with Crippen molar-refractivity contribution in [2.45, 2.75) is 57.7 Å². The summed E-state index contributed by atoms with van der Waals surface area (Å²) in [5.74, 6) is -0.181. The Bertz CT molecular complexity index is 975. The molecule has 31 heavy (non-hydrogen) atoms. The van der Waals surface area contributed by atoms with E-state index in [1.807, 2.05) is 66.2 Å². The summed E-state index contributed by atoms with van der Waals surface area (Å²) in [6, 6.07) is 15.3. The van der Waals surface area contributed by atoms with E-state index in [2.05, 4.69) is 5.32 Å². The number of amides is 2. The second kappa shape index (κ2) is 10.2. The minimum Gasteiger partial charge on any atom is -0.351 e. The predicted octanol–water partition coefficient (Wildman–Crippen LogP) is 5.95. The Morgan fingerprint density at radius 3 is 2.35 bits per heavy atom. The van der Waals surface area contributed by atoms with Crippen molar-refractivity contribution in [3.8, 4) is 0 Å². The van der Waals surface area contributed by atoms with Gasteiger partial charge in [0.05, 0.1) is 4.88 Å². The molecule has 2 heterocycles. The number of aryl methyl sites for hydroxylation is 1. The zero-order valence-electron chi connectivity index (χ0n) is 17.8. The molecule has 6 heteroatoms. The Kier molecular flexibility index (Phi) is 7.20. The Balaban J connectivity index is 1.67. The fourth-order valence-electron chi connectivity index (χ4n) is 4.11. The van der Waals surface area contributed by atoms with Crippen LogP contribution in [0.5, 0.6) is 0 Å². The van der Waals surface area contributed by atoms with E-state index < -0.39 is 6.04 Å². The molecule has 1 aromatic carbocycles. The molecule has 1 aliphatic carbocycles. The van der Waals surface area contributed by atoms with E-state index in [0.717, 1.165) is 36.1 Å². The zero-order valence-corrected chi connectivity index (χ0v) is 19.4. The highest BCUT2D eigenvalue weighted by Crippen LogP contribution is 2.30. The fourth-order valence-corrected chi connectivity index (χ4v) is 5.62. The van der Waals surface area contributed by atoms with Gasteiger partial charge in [0.2, 0.25) is 5.91 Å². The van der Waals surface area contributed by atoms with Gasteiger partial charge in [-0.05, 0) is 48.2 Å². The Hall–Kier alpha value is -2.44. The quantitative estimate of drug-likeness (QED) is 0.481. The predicted molar refractivity (Wildman–Crippen MR) is 127 cm³/mol. The number of nitrogens with zero attached hydrogens (tertiary/aromatic N) is 1. The number of nitrogens with one attached hydrogen (secondary N) is 1. The highest BCUT2D eigenvalue weighted by molar-refractivity contribution is 7.12. The van der Waals surface area contributed by atoms with E-state index in [1.54, 1.807) is 4.90 Å². The van der Waals surface area contributed by atoms with Crippen LogP contribution in [0.3, 0.4) is 0 Å². The molecule has 4 nitrogen and oxygen atoms in total. The van der Waals surface area contributed by atoms with E-state index in [0.29, 0.717) is 11.4 Å². The van der Waals surface area contributed by atoms with Crippen LogP contribution in [0.2, 0.25) is 0 Å². The standard InChI is InChI=1S/C25H28N2O2S2/c1-18-11-13-19(14-12-18)17-27(25(29)22-10-6-16-31-22)23(21-9-5-15-30-21)24(28)26-20-7-3-2-4-8-20/h5-6,9-16,20,23H,2-4,7-8,17H2,1H3,(H,26,28). The summed E-state index contributed by atoms with van der Waals surface area (Å²) in [7, 11) is 0. The van der Waals surface area contributed by atoms with Crippen molar-refractivity contribution in [2.75, 3.05) is 0 Å². The molecular weight excluding hydrogens is 424 g/mol. The van der Waals surface area contributed by atoms with Crippen molar-refractivity contribution in [3.63, 3.8) is 0 Å². The van der Waals surface area contributed by atoms with Gasteiger partial charge in [0.25, 0.3) is 5.91 Å². The van der Waals surface area contributed by atoms with E-state index in [1.165, 1.54) is 34.7 Å². The SMILES string of the molecule is Cc1ccc(CN(C(=O)c2cccs2)C(C(=O)NC2CCCCC2)c2cccs2)cc1. The monoisotopic (exact) mass is 452 g/mol. The van der Waals surface area contributed by atoms with Crippen LogP contribution in [0.15, 0.2) is 59.3 Å². The first-order chi connectivity index (χ1) is 15.1. The van der Waals surface area contributed by atoms with E-state index in [4.69, 9.17) is 0 Å². The zero-order chi connectivity index (χ0) is 21.6. The Morgan fingerprint density at radius 1 is 1.00 bits per heavy atom. The van der Waals surface area contributed by atoms with Crippen molar-refractivity contribution in [3.05, 3.63) is 80.2 Å². The number of carbonyl (C=O) groups excluding carboxylic acids is 2. The molecule has 0 radical (unpaired) electrons. The third-order valence-corrected chi connectivity index (χ3v) is 7.57. The van der Waals surface area contributed by atoms with Crippen LogP contribution in [-0.4, -0.2) is 22.8 Å². The molecule has 1 aliphatic rings. The maximum atomic E-state index is 13.6. The van der Waals surface area contributed by atoms with Gasteiger partial charge >= 0.3 is 0 Å². The molecule has 0 aliphatic heterocycles. The highest BCUT2D eigenvalue weighted by atomic mass is 32.1. The molecule has 1 atom stereocenters. The first kappa shape index (κ1) is 21.8. The first-order valence-electron chi connectivity index (χ1n) is 10.9. The lowest BCUT2D eigenvalue weighted by Gasteiger charge is -2.32. The maximum absolute atomic E-state index is 13.6. The summed E-state index contributed by atoms with van der Waals surface area (Å²) in [6.45, 7) is 2.43. The average Bonchev–Trinajstić information content (AvgIpc) is 3.50. The lowest BCUT2D eigenvalue weighted by molar-refractivity contribution is -0.127. The van der Waals surface area contributed by atoms with Crippen LogP contribution in [0.1, 0.15) is 63.8 Å². The molecule has 1 N–H and O–H groups in total. The number of benzene rings is 1. The van der Waals surface area contributed by atoms with Crippen molar-refractivity contribution < 1.29 is 9.59 Å². The molecule has 2 amide bonds. The van der Waals surface area contributed by atoms with Gasteiger partial charge < -0.3 is 10.2 Å². The Labute approximate surface area is 191 Å². The largest absolute Gasteiger partial charge is 0.351 e. The Morgan fingerprint density at radius 2 is 1.71 bits per heavy atom. The molecule has 1 unspecified atom stereocenters. The maximum Gasteiger partial charge on any atom is 0.265 e. The number of hydrogen-bond donors (Lipinski definition) is 1. The van der Waals surface area contributed by atoms with Crippen LogP contribution in [0.4, 0.5) is 0 Å².